The van der Waals surface area contributed by atoms with Crippen LogP contribution >= 0.6 is 0 Å². The summed E-state index contributed by atoms with van der Waals surface area (Å²) >= 11 is 0. The van der Waals surface area contributed by atoms with E-state index >= 15 is 0 Å². The van der Waals surface area contributed by atoms with Crippen molar-refractivity contribution in [1.29, 1.82) is 0 Å². The molecule has 19 heavy (non-hydrogen) atoms. The minimum absolute atomic E-state index is 0.0763. The van der Waals surface area contributed by atoms with Gasteiger partial charge < -0.3 is 14.9 Å². The monoisotopic (exact) mass is 276 g/mol. The fourth-order valence-corrected chi connectivity index (χ4v) is 1.94. The smallest absolute Gasteiger partial charge is 0.379 e. The van der Waals surface area contributed by atoms with Gasteiger partial charge in [-0.25, -0.2) is 4.98 Å². The van der Waals surface area contributed by atoms with E-state index in [2.05, 4.69) is 9.97 Å². The van der Waals surface area contributed by atoms with Crippen LogP contribution < -0.4 is 9.80 Å². The van der Waals surface area contributed by atoms with Crippen LogP contribution in [0.1, 0.15) is 6.42 Å². The van der Waals surface area contributed by atoms with Gasteiger partial charge in [0, 0.05) is 33.3 Å². The maximum absolute atomic E-state index is 12.7. The van der Waals surface area contributed by atoms with E-state index in [1.165, 1.54) is 11.1 Å². The zero-order valence-electron chi connectivity index (χ0n) is 10.6. The van der Waals surface area contributed by atoms with E-state index in [4.69, 9.17) is 0 Å². The molecule has 0 unspecified atom stereocenters. The number of anilines is 2. The first-order chi connectivity index (χ1) is 8.73. The highest BCUT2D eigenvalue weighted by Gasteiger charge is 2.57. The number of hydrogen-bond donors (Lipinski definition) is 1. The molecule has 1 fully saturated rings. The van der Waals surface area contributed by atoms with Crippen molar-refractivity contribution in [3.63, 3.8) is 0 Å². The van der Waals surface area contributed by atoms with Gasteiger partial charge in [-0.15, -0.1) is 0 Å². The van der Waals surface area contributed by atoms with Gasteiger partial charge in [0.1, 0.15) is 5.82 Å². The van der Waals surface area contributed by atoms with E-state index in [-0.39, 0.29) is 18.9 Å². The molecule has 1 saturated heterocycles. The van der Waals surface area contributed by atoms with Gasteiger partial charge in [-0.2, -0.15) is 18.2 Å². The molecule has 0 aliphatic carbocycles. The minimum atomic E-state index is -4.64. The Morgan fingerprint density at radius 3 is 2.63 bits per heavy atom. The van der Waals surface area contributed by atoms with E-state index in [1.807, 2.05) is 0 Å². The predicted octanol–water partition coefficient (Wildman–Crippen LogP) is 1.05. The topological polar surface area (TPSA) is 52.5 Å². The first-order valence-electron chi connectivity index (χ1n) is 5.77. The number of aromatic nitrogens is 2. The van der Waals surface area contributed by atoms with Gasteiger partial charge in [0.05, 0.1) is 6.54 Å². The lowest BCUT2D eigenvalue weighted by Gasteiger charge is -2.26. The van der Waals surface area contributed by atoms with Crippen LogP contribution in [-0.4, -0.2) is 54.0 Å². The summed E-state index contributed by atoms with van der Waals surface area (Å²) in [7, 11) is 3.56. The summed E-state index contributed by atoms with van der Waals surface area (Å²) in [5, 5.41) is 9.61. The van der Waals surface area contributed by atoms with E-state index in [0.29, 0.717) is 5.82 Å². The molecular formula is C11H15F3N4O. The molecule has 1 aromatic heterocycles. The van der Waals surface area contributed by atoms with Gasteiger partial charge in [-0.05, 0) is 6.07 Å². The largest absolute Gasteiger partial charge is 0.419 e. The second-order valence-electron chi connectivity index (χ2n) is 4.81. The Balaban J connectivity index is 2.20. The van der Waals surface area contributed by atoms with Crippen molar-refractivity contribution in [1.82, 2.24) is 9.97 Å². The summed E-state index contributed by atoms with van der Waals surface area (Å²) in [6, 6.07) is 1.66. The molecule has 8 heteroatoms. The van der Waals surface area contributed by atoms with Gasteiger partial charge in [0.25, 0.3) is 0 Å². The molecule has 0 radical (unpaired) electrons. The van der Waals surface area contributed by atoms with E-state index in [9.17, 15) is 18.3 Å². The third kappa shape index (κ3) is 2.58. The summed E-state index contributed by atoms with van der Waals surface area (Å²) in [6.45, 7) is -0.458. The Morgan fingerprint density at radius 2 is 2.11 bits per heavy atom. The van der Waals surface area contributed by atoms with Crippen molar-refractivity contribution in [2.45, 2.75) is 18.2 Å². The van der Waals surface area contributed by atoms with Crippen molar-refractivity contribution in [3.8, 4) is 0 Å². The van der Waals surface area contributed by atoms with Crippen molar-refractivity contribution in [2.75, 3.05) is 37.0 Å². The molecule has 0 amide bonds. The average molecular weight is 276 g/mol. The Labute approximate surface area is 108 Å². The molecule has 1 aliphatic rings. The fourth-order valence-electron chi connectivity index (χ4n) is 1.94. The summed E-state index contributed by atoms with van der Waals surface area (Å²) in [5.74, 6) is 0.804. The number of alkyl halides is 3. The van der Waals surface area contributed by atoms with Gasteiger partial charge >= 0.3 is 6.18 Å². The molecule has 0 spiro atoms. The van der Waals surface area contributed by atoms with Crippen LogP contribution in [0, 0.1) is 0 Å². The molecule has 0 aromatic carbocycles. The molecule has 2 heterocycles. The molecule has 5 nitrogen and oxygen atoms in total. The lowest BCUT2D eigenvalue weighted by molar-refractivity contribution is -0.250. The average Bonchev–Trinajstić information content (AvgIpc) is 2.73. The summed E-state index contributed by atoms with van der Waals surface area (Å²) in [5.41, 5.74) is -2.68. The summed E-state index contributed by atoms with van der Waals surface area (Å²) in [4.78, 5) is 11.2. The number of β-amino-alcohol motifs (C(OH)–C–C–N with tert-alkyl or cyclic N) is 1. The van der Waals surface area contributed by atoms with Crippen LogP contribution in [0.25, 0.3) is 0 Å². The number of aliphatic hydroxyl groups is 1. The predicted molar refractivity (Wildman–Crippen MR) is 64.2 cm³/mol. The molecule has 1 N–H and O–H groups in total. The number of rotatable bonds is 2. The third-order valence-electron chi connectivity index (χ3n) is 3.14. The van der Waals surface area contributed by atoms with Crippen LogP contribution in [0.3, 0.4) is 0 Å². The standard InChI is InChI=1S/C11H15F3N4O/c1-17(2)8-3-5-15-9(16-8)18-6-4-10(19,7-18)11(12,13)14/h3,5,19H,4,6-7H2,1-2H3/t10-/m1/s1. The fraction of sp³-hybridized carbons (Fsp3) is 0.636. The van der Waals surface area contributed by atoms with Crippen molar-refractivity contribution < 1.29 is 18.3 Å². The molecule has 2 rings (SSSR count). The van der Waals surface area contributed by atoms with Gasteiger partial charge in [0.15, 0.2) is 5.60 Å². The Hall–Kier alpha value is -1.57. The first-order valence-corrected chi connectivity index (χ1v) is 5.77. The summed E-state index contributed by atoms with van der Waals surface area (Å²) in [6.07, 6.45) is -3.52. The van der Waals surface area contributed by atoms with Gasteiger partial charge in [-0.1, -0.05) is 0 Å². The zero-order valence-corrected chi connectivity index (χ0v) is 10.6. The second-order valence-corrected chi connectivity index (χ2v) is 4.81. The van der Waals surface area contributed by atoms with Gasteiger partial charge in [0.2, 0.25) is 5.95 Å². The minimum Gasteiger partial charge on any atom is -0.379 e. The number of halogens is 3. The van der Waals surface area contributed by atoms with Crippen LogP contribution in [-0.2, 0) is 0 Å². The number of hydrogen-bond acceptors (Lipinski definition) is 5. The van der Waals surface area contributed by atoms with Crippen LogP contribution in [0.4, 0.5) is 24.9 Å². The SMILES string of the molecule is CN(C)c1ccnc(N2CC[C@](O)(C(F)(F)F)C2)n1. The van der Waals surface area contributed by atoms with Crippen LogP contribution in [0.15, 0.2) is 12.3 Å². The van der Waals surface area contributed by atoms with E-state index < -0.39 is 18.3 Å². The molecule has 0 bridgehead atoms. The highest BCUT2D eigenvalue weighted by Crippen LogP contribution is 2.38. The molecule has 1 aromatic rings. The molecule has 1 atom stereocenters. The first kappa shape index (κ1) is 13.9. The quantitative estimate of drug-likeness (QED) is 0.875. The lowest BCUT2D eigenvalue weighted by atomic mass is 10.0. The lowest BCUT2D eigenvalue weighted by Crippen LogP contribution is -2.47. The molecular weight excluding hydrogens is 261 g/mol. The normalized spacial score (nSPS) is 23.8. The van der Waals surface area contributed by atoms with Crippen LogP contribution in [0.5, 0.6) is 0 Å². The second kappa shape index (κ2) is 4.52. The maximum Gasteiger partial charge on any atom is 0.419 e. The van der Waals surface area contributed by atoms with Crippen LogP contribution in [0.2, 0.25) is 0 Å². The Bertz CT molecular complexity index is 465. The van der Waals surface area contributed by atoms with Crippen molar-refractivity contribution in [3.05, 3.63) is 12.3 Å². The molecule has 1 aliphatic heterocycles. The summed E-state index contributed by atoms with van der Waals surface area (Å²) < 4.78 is 38.1. The maximum atomic E-state index is 12.7. The van der Waals surface area contributed by atoms with E-state index in [0.717, 1.165) is 0 Å². The highest BCUT2D eigenvalue weighted by atomic mass is 19.4. The van der Waals surface area contributed by atoms with Crippen molar-refractivity contribution >= 4 is 11.8 Å². The molecule has 106 valence electrons. The number of nitrogens with zero attached hydrogens (tertiary/aromatic N) is 4. The van der Waals surface area contributed by atoms with Crippen molar-refractivity contribution in [2.24, 2.45) is 0 Å². The third-order valence-corrected chi connectivity index (χ3v) is 3.14. The van der Waals surface area contributed by atoms with Gasteiger partial charge in [-0.3, -0.25) is 0 Å². The Kier molecular flexibility index (Phi) is 3.29. The molecule has 0 saturated carbocycles. The highest BCUT2D eigenvalue weighted by molar-refractivity contribution is 5.43. The zero-order chi connectivity index (χ0) is 14.3. The Morgan fingerprint density at radius 1 is 1.42 bits per heavy atom. The van der Waals surface area contributed by atoms with E-state index in [1.54, 1.807) is 25.1 Å².